The summed E-state index contributed by atoms with van der Waals surface area (Å²) in [6.45, 7) is 14.0. The van der Waals surface area contributed by atoms with Gasteiger partial charge in [-0.05, 0) is 76.1 Å². The topological polar surface area (TPSA) is 91.8 Å². The standard InChI is InChI=1S/C33H46N4O4/c1-31(2,3)24-15-17-26(18-16-24)37(29(39)33(7)19-21-36(33)30(40)41-32(4,5)6)27(23-12-11-20-34-22-23)28(38)35-25-13-9-8-10-14-25/h11-12,15-18,20,22,25,27H,8-10,13-14,19,21H2,1-7H3,(H,35,38)/t27?,33-/m1/s1. The Bertz CT molecular complexity index is 1230. The molecule has 1 aliphatic carbocycles. The van der Waals surface area contributed by atoms with E-state index in [0.717, 1.165) is 31.2 Å². The summed E-state index contributed by atoms with van der Waals surface area (Å²) in [4.78, 5) is 49.4. The Morgan fingerprint density at radius 3 is 2.20 bits per heavy atom. The molecule has 2 atom stereocenters. The highest BCUT2D eigenvalue weighted by Gasteiger charge is 2.54. The fourth-order valence-electron chi connectivity index (χ4n) is 5.64. The van der Waals surface area contributed by atoms with Gasteiger partial charge in [0.05, 0.1) is 0 Å². The second-order valence-corrected chi connectivity index (χ2v) is 13.7. The van der Waals surface area contributed by atoms with E-state index in [-0.39, 0.29) is 23.3 Å². The van der Waals surface area contributed by atoms with Crippen LogP contribution >= 0.6 is 0 Å². The SMILES string of the molecule is CC(C)(C)OC(=O)N1CC[C@]1(C)C(=O)N(c1ccc(C(C)(C)C)cc1)C(C(=O)NC1CCCCC1)c1cccnc1. The van der Waals surface area contributed by atoms with Gasteiger partial charge in [-0.25, -0.2) is 4.79 Å². The third-order valence-corrected chi connectivity index (χ3v) is 8.18. The molecule has 2 fully saturated rings. The van der Waals surface area contributed by atoms with E-state index in [0.29, 0.717) is 24.2 Å². The molecule has 1 aromatic carbocycles. The molecule has 0 bridgehead atoms. The zero-order valence-electron chi connectivity index (χ0n) is 25.7. The van der Waals surface area contributed by atoms with Crippen LogP contribution < -0.4 is 10.2 Å². The van der Waals surface area contributed by atoms with Crippen molar-refractivity contribution in [3.63, 3.8) is 0 Å². The normalized spacial score (nSPS) is 20.5. The van der Waals surface area contributed by atoms with Crippen molar-refractivity contribution in [3.05, 3.63) is 59.9 Å². The van der Waals surface area contributed by atoms with Crippen LogP contribution in [0.5, 0.6) is 0 Å². The predicted octanol–water partition coefficient (Wildman–Crippen LogP) is 6.30. The molecule has 4 rings (SSSR count). The third-order valence-electron chi connectivity index (χ3n) is 8.18. The first-order valence-corrected chi connectivity index (χ1v) is 14.9. The van der Waals surface area contributed by atoms with Crippen LogP contribution in [0.1, 0.15) is 104 Å². The van der Waals surface area contributed by atoms with Gasteiger partial charge in [0.2, 0.25) is 5.91 Å². The first kappa shape index (κ1) is 30.5. The van der Waals surface area contributed by atoms with Crippen LogP contribution in [-0.4, -0.2) is 51.5 Å². The molecular formula is C33H46N4O4. The minimum Gasteiger partial charge on any atom is -0.444 e. The van der Waals surface area contributed by atoms with Gasteiger partial charge in [0.15, 0.2) is 0 Å². The number of hydrogen-bond acceptors (Lipinski definition) is 5. The fraction of sp³-hybridized carbons (Fsp3) is 0.576. The molecule has 1 unspecified atom stereocenters. The minimum atomic E-state index is -1.17. The molecule has 1 saturated carbocycles. The van der Waals surface area contributed by atoms with Crippen molar-refractivity contribution in [1.82, 2.24) is 15.2 Å². The summed E-state index contributed by atoms with van der Waals surface area (Å²) < 4.78 is 5.65. The Labute approximate surface area is 244 Å². The second kappa shape index (κ2) is 11.8. The van der Waals surface area contributed by atoms with Crippen molar-refractivity contribution in [2.45, 2.75) is 116 Å². The van der Waals surface area contributed by atoms with Gasteiger partial charge < -0.3 is 10.1 Å². The van der Waals surface area contributed by atoms with Gasteiger partial charge in [-0.1, -0.05) is 58.2 Å². The lowest BCUT2D eigenvalue weighted by Crippen LogP contribution is -2.69. The van der Waals surface area contributed by atoms with Gasteiger partial charge in [-0.3, -0.25) is 24.4 Å². The van der Waals surface area contributed by atoms with Crippen LogP contribution in [0.4, 0.5) is 10.5 Å². The summed E-state index contributed by atoms with van der Waals surface area (Å²) >= 11 is 0. The van der Waals surface area contributed by atoms with E-state index in [1.54, 1.807) is 51.1 Å². The average molecular weight is 563 g/mol. The number of aromatic nitrogens is 1. The number of hydrogen-bond donors (Lipinski definition) is 1. The van der Waals surface area contributed by atoms with Crippen LogP contribution in [-0.2, 0) is 19.7 Å². The molecule has 1 aromatic heterocycles. The van der Waals surface area contributed by atoms with Gasteiger partial charge in [-0.2, -0.15) is 0 Å². The van der Waals surface area contributed by atoms with E-state index in [4.69, 9.17) is 4.74 Å². The smallest absolute Gasteiger partial charge is 0.411 e. The molecule has 2 aliphatic rings. The molecule has 2 heterocycles. The summed E-state index contributed by atoms with van der Waals surface area (Å²) in [7, 11) is 0. The summed E-state index contributed by atoms with van der Waals surface area (Å²) in [6.07, 6.45) is 8.38. The molecule has 1 saturated heterocycles. The van der Waals surface area contributed by atoms with Crippen LogP contribution in [0, 0.1) is 0 Å². The summed E-state index contributed by atoms with van der Waals surface area (Å²) in [5, 5.41) is 3.24. The maximum absolute atomic E-state index is 14.7. The lowest BCUT2D eigenvalue weighted by Gasteiger charge is -2.51. The van der Waals surface area contributed by atoms with E-state index in [1.807, 2.05) is 30.3 Å². The number of amides is 3. The highest BCUT2D eigenvalue weighted by molar-refractivity contribution is 6.07. The molecule has 1 aliphatic heterocycles. The molecular weight excluding hydrogens is 516 g/mol. The van der Waals surface area contributed by atoms with E-state index >= 15 is 0 Å². The van der Waals surface area contributed by atoms with Crippen LogP contribution in [0.2, 0.25) is 0 Å². The number of rotatable bonds is 6. The molecule has 222 valence electrons. The maximum atomic E-state index is 14.7. The van der Waals surface area contributed by atoms with E-state index in [2.05, 4.69) is 31.1 Å². The maximum Gasteiger partial charge on any atom is 0.411 e. The van der Waals surface area contributed by atoms with E-state index in [1.165, 1.54) is 11.3 Å². The Morgan fingerprint density at radius 2 is 1.68 bits per heavy atom. The number of benzene rings is 1. The van der Waals surface area contributed by atoms with Gasteiger partial charge in [0, 0.05) is 36.2 Å². The minimum absolute atomic E-state index is 0.0631. The van der Waals surface area contributed by atoms with Crippen molar-refractivity contribution in [2.24, 2.45) is 0 Å². The lowest BCUT2D eigenvalue weighted by atomic mass is 9.84. The summed E-state index contributed by atoms with van der Waals surface area (Å²) in [5.41, 5.74) is 0.368. The number of ether oxygens (including phenoxy) is 1. The van der Waals surface area contributed by atoms with Gasteiger partial charge in [0.25, 0.3) is 5.91 Å². The zero-order chi connectivity index (χ0) is 30.0. The van der Waals surface area contributed by atoms with E-state index < -0.39 is 23.3 Å². The number of nitrogens with zero attached hydrogens (tertiary/aromatic N) is 3. The molecule has 1 N–H and O–H groups in total. The summed E-state index contributed by atoms with van der Waals surface area (Å²) in [6, 6.07) is 10.5. The van der Waals surface area contributed by atoms with Crippen molar-refractivity contribution in [2.75, 3.05) is 11.4 Å². The number of carbonyl (C=O) groups excluding carboxylic acids is 3. The molecule has 2 aromatic rings. The molecule has 3 amide bonds. The Hall–Kier alpha value is -3.42. The number of anilines is 1. The molecule has 0 radical (unpaired) electrons. The predicted molar refractivity (Wildman–Crippen MR) is 161 cm³/mol. The zero-order valence-corrected chi connectivity index (χ0v) is 25.7. The van der Waals surface area contributed by atoms with Gasteiger partial charge >= 0.3 is 6.09 Å². The Balaban J connectivity index is 1.78. The van der Waals surface area contributed by atoms with Gasteiger partial charge in [-0.15, -0.1) is 0 Å². The Morgan fingerprint density at radius 1 is 1.02 bits per heavy atom. The van der Waals surface area contributed by atoms with Crippen molar-refractivity contribution >= 4 is 23.6 Å². The Kier molecular flexibility index (Phi) is 8.81. The van der Waals surface area contributed by atoms with Crippen LogP contribution in [0.25, 0.3) is 0 Å². The molecule has 8 heteroatoms. The number of carbonyl (C=O) groups is 3. The van der Waals surface area contributed by atoms with Crippen LogP contribution in [0.15, 0.2) is 48.8 Å². The largest absolute Gasteiger partial charge is 0.444 e. The van der Waals surface area contributed by atoms with Crippen LogP contribution in [0.3, 0.4) is 0 Å². The third kappa shape index (κ3) is 6.91. The average Bonchev–Trinajstić information content (AvgIpc) is 2.89. The first-order valence-electron chi connectivity index (χ1n) is 14.9. The lowest BCUT2D eigenvalue weighted by molar-refractivity contribution is -0.139. The number of likely N-dealkylation sites (tertiary alicyclic amines) is 1. The monoisotopic (exact) mass is 562 g/mol. The fourth-order valence-corrected chi connectivity index (χ4v) is 5.64. The highest BCUT2D eigenvalue weighted by atomic mass is 16.6. The second-order valence-electron chi connectivity index (χ2n) is 13.7. The highest BCUT2D eigenvalue weighted by Crippen LogP contribution is 2.39. The number of pyridine rings is 1. The summed E-state index contributed by atoms with van der Waals surface area (Å²) in [5.74, 6) is -0.573. The van der Waals surface area contributed by atoms with Crippen molar-refractivity contribution < 1.29 is 19.1 Å². The molecule has 41 heavy (non-hydrogen) atoms. The molecule has 0 spiro atoms. The van der Waals surface area contributed by atoms with Gasteiger partial charge in [0.1, 0.15) is 17.2 Å². The number of nitrogens with one attached hydrogen (secondary N) is 1. The molecule has 8 nitrogen and oxygen atoms in total. The quantitative estimate of drug-likeness (QED) is 0.446. The first-order chi connectivity index (χ1) is 19.2. The van der Waals surface area contributed by atoms with Crippen molar-refractivity contribution in [1.29, 1.82) is 0 Å². The van der Waals surface area contributed by atoms with Crippen molar-refractivity contribution in [3.8, 4) is 0 Å². The van der Waals surface area contributed by atoms with E-state index in [9.17, 15) is 14.4 Å².